The minimum Gasteiger partial charge on any atom is -0.352 e. The fraction of sp³-hybridized carbons (Fsp3) is 0.250. The van der Waals surface area contributed by atoms with Gasteiger partial charge in [-0.1, -0.05) is 0 Å². The minimum absolute atomic E-state index is 0.351. The van der Waals surface area contributed by atoms with Crippen molar-refractivity contribution >= 4 is 17.2 Å². The number of rotatable bonds is 0. The smallest absolute Gasteiger partial charge is 0.332 e. The molecule has 0 radical (unpaired) electrons. The fourth-order valence-corrected chi connectivity index (χ4v) is 1.27. The number of primary amides is 2. The van der Waals surface area contributed by atoms with Crippen molar-refractivity contribution in [2.75, 3.05) is 0 Å². The molecule has 0 saturated heterocycles. The number of nitrogens with two attached hydrogens (primary N) is 2. The molecule has 0 saturated carbocycles. The number of hydrogen-bond donors (Lipinski definition) is 3. The van der Waals surface area contributed by atoms with E-state index in [1.165, 1.54) is 17.9 Å². The number of aryl methyl sites for hydroxylation is 1. The summed E-state index contributed by atoms with van der Waals surface area (Å²) in [5, 5.41) is 0. The van der Waals surface area contributed by atoms with E-state index in [-0.39, 0.29) is 11.2 Å². The summed E-state index contributed by atoms with van der Waals surface area (Å²) in [7, 11) is 3.01. The molecule has 0 bridgehead atoms. The van der Waals surface area contributed by atoms with Gasteiger partial charge in [-0.05, 0) is 0 Å². The maximum absolute atomic E-state index is 11.4. The van der Waals surface area contributed by atoms with Crippen molar-refractivity contribution in [3.63, 3.8) is 0 Å². The molecular formula is C8H12N6O3. The summed E-state index contributed by atoms with van der Waals surface area (Å²) in [6.07, 6.45) is 1.39. The lowest BCUT2D eigenvalue weighted by Gasteiger charge is -2.00. The molecule has 2 aromatic heterocycles. The van der Waals surface area contributed by atoms with E-state index in [1.807, 2.05) is 0 Å². The van der Waals surface area contributed by atoms with Gasteiger partial charge in [0.25, 0.3) is 5.56 Å². The highest BCUT2D eigenvalue weighted by Gasteiger charge is 2.08. The molecule has 0 fully saturated rings. The zero-order valence-corrected chi connectivity index (χ0v) is 9.30. The maximum atomic E-state index is 11.4. The number of carbonyl (C=O) groups excluding carboxylic acids is 1. The second-order valence-corrected chi connectivity index (χ2v) is 3.21. The summed E-state index contributed by atoms with van der Waals surface area (Å²) in [5.74, 6) is 0. The molecule has 2 aromatic rings. The first-order valence-corrected chi connectivity index (χ1v) is 4.50. The number of amides is 2. The highest BCUT2D eigenvalue weighted by molar-refractivity contribution is 5.69. The molecule has 0 atom stereocenters. The first-order chi connectivity index (χ1) is 7.86. The van der Waals surface area contributed by atoms with Gasteiger partial charge in [-0.15, -0.1) is 0 Å². The minimum atomic E-state index is -0.833. The van der Waals surface area contributed by atoms with Crippen molar-refractivity contribution in [1.82, 2.24) is 19.1 Å². The Morgan fingerprint density at radius 3 is 2.35 bits per heavy atom. The number of aromatic nitrogens is 4. The van der Waals surface area contributed by atoms with Crippen molar-refractivity contribution in [1.29, 1.82) is 0 Å². The van der Waals surface area contributed by atoms with Gasteiger partial charge in [0, 0.05) is 14.1 Å². The second kappa shape index (κ2) is 4.51. The lowest BCUT2D eigenvalue weighted by molar-refractivity contribution is 0.256. The van der Waals surface area contributed by atoms with Crippen LogP contribution in [-0.4, -0.2) is 25.1 Å². The van der Waals surface area contributed by atoms with E-state index >= 15 is 0 Å². The number of nitrogens with zero attached hydrogens (tertiary/aromatic N) is 3. The number of aromatic amines is 1. The number of H-pyrrole nitrogens is 1. The highest BCUT2D eigenvalue weighted by atomic mass is 16.2. The van der Waals surface area contributed by atoms with Crippen LogP contribution in [0.1, 0.15) is 0 Å². The van der Waals surface area contributed by atoms with Crippen molar-refractivity contribution in [3.05, 3.63) is 27.2 Å². The van der Waals surface area contributed by atoms with E-state index in [1.54, 1.807) is 7.05 Å². The Labute approximate surface area is 94.7 Å². The molecule has 0 aromatic carbocycles. The van der Waals surface area contributed by atoms with Gasteiger partial charge >= 0.3 is 11.7 Å². The van der Waals surface area contributed by atoms with E-state index in [4.69, 9.17) is 4.79 Å². The van der Waals surface area contributed by atoms with Gasteiger partial charge in [0.05, 0.1) is 6.33 Å². The van der Waals surface area contributed by atoms with Gasteiger partial charge in [-0.3, -0.25) is 13.9 Å². The summed E-state index contributed by atoms with van der Waals surface area (Å²) >= 11 is 0. The molecule has 2 rings (SSSR count). The Balaban J connectivity index is 0.000000317. The molecule has 0 unspecified atom stereocenters. The first-order valence-electron chi connectivity index (χ1n) is 4.50. The van der Waals surface area contributed by atoms with Crippen LogP contribution < -0.4 is 22.7 Å². The predicted octanol–water partition coefficient (Wildman–Crippen LogP) is -2.02. The molecule has 2 heterocycles. The van der Waals surface area contributed by atoms with E-state index in [9.17, 15) is 9.59 Å². The molecular weight excluding hydrogens is 228 g/mol. The van der Waals surface area contributed by atoms with Gasteiger partial charge < -0.3 is 16.5 Å². The Bertz CT molecular complexity index is 660. The number of urea groups is 1. The molecule has 0 aliphatic heterocycles. The number of fused-ring (bicyclic) bond motifs is 1. The number of hydrogen-bond acceptors (Lipinski definition) is 4. The van der Waals surface area contributed by atoms with Crippen molar-refractivity contribution < 1.29 is 4.79 Å². The van der Waals surface area contributed by atoms with Crippen LogP contribution in [0.3, 0.4) is 0 Å². The third kappa shape index (κ3) is 2.33. The third-order valence-electron chi connectivity index (χ3n) is 2.03. The van der Waals surface area contributed by atoms with Crippen LogP contribution >= 0.6 is 0 Å². The summed E-state index contributed by atoms with van der Waals surface area (Å²) in [4.78, 5) is 38.4. The molecule has 9 nitrogen and oxygen atoms in total. The quantitative estimate of drug-likeness (QED) is 0.488. The van der Waals surface area contributed by atoms with Crippen molar-refractivity contribution in [2.24, 2.45) is 25.6 Å². The van der Waals surface area contributed by atoms with Gasteiger partial charge in [-0.25, -0.2) is 14.6 Å². The normalized spacial score (nSPS) is 9.76. The topological polar surface area (TPSA) is 142 Å². The Morgan fingerprint density at radius 2 is 1.82 bits per heavy atom. The molecule has 0 aliphatic rings. The fourth-order valence-electron chi connectivity index (χ4n) is 1.27. The van der Waals surface area contributed by atoms with Gasteiger partial charge in [0.15, 0.2) is 5.65 Å². The molecule has 17 heavy (non-hydrogen) atoms. The van der Waals surface area contributed by atoms with Crippen molar-refractivity contribution in [2.45, 2.75) is 0 Å². The molecule has 9 heteroatoms. The lowest BCUT2D eigenvalue weighted by Crippen LogP contribution is -2.36. The average Bonchev–Trinajstić information content (AvgIpc) is 2.71. The van der Waals surface area contributed by atoms with Crippen LogP contribution in [0.4, 0.5) is 4.79 Å². The van der Waals surface area contributed by atoms with Gasteiger partial charge in [-0.2, -0.15) is 0 Å². The van der Waals surface area contributed by atoms with Gasteiger partial charge in [0.2, 0.25) is 0 Å². The number of carbonyl (C=O) groups is 1. The maximum Gasteiger partial charge on any atom is 0.332 e. The van der Waals surface area contributed by atoms with E-state index in [0.717, 1.165) is 4.57 Å². The predicted molar refractivity (Wildman–Crippen MR) is 60.3 cm³/mol. The Hall–Kier alpha value is -2.58. The summed E-state index contributed by atoms with van der Waals surface area (Å²) in [5.41, 5.74) is 8.51. The van der Waals surface area contributed by atoms with Crippen LogP contribution in [0.15, 0.2) is 15.9 Å². The monoisotopic (exact) mass is 240 g/mol. The zero-order chi connectivity index (χ0) is 13.2. The summed E-state index contributed by atoms with van der Waals surface area (Å²) < 4.78 is 2.37. The summed E-state index contributed by atoms with van der Waals surface area (Å²) in [6.45, 7) is 0. The zero-order valence-electron chi connectivity index (χ0n) is 9.30. The third-order valence-corrected chi connectivity index (χ3v) is 2.03. The highest BCUT2D eigenvalue weighted by Crippen LogP contribution is 1.97. The Morgan fingerprint density at radius 1 is 1.29 bits per heavy atom. The SMILES string of the molecule is Cn1c(=O)c2[nH]cnc2n(C)c1=O.NC(N)=O. The molecule has 0 spiro atoms. The van der Waals surface area contributed by atoms with Crippen LogP contribution in [0.25, 0.3) is 11.2 Å². The molecule has 2 amide bonds. The van der Waals surface area contributed by atoms with Crippen molar-refractivity contribution in [3.8, 4) is 0 Å². The largest absolute Gasteiger partial charge is 0.352 e. The van der Waals surface area contributed by atoms with E-state index in [2.05, 4.69) is 21.4 Å². The second-order valence-electron chi connectivity index (χ2n) is 3.21. The first kappa shape index (κ1) is 12.5. The standard InChI is InChI=1S/C7H8N4O2.CH4N2O/c1-10-5-4(8-3-9-5)6(12)11(2)7(10)13;2-1(3)4/h3H,1-2H3,(H,8,9);(H4,2,3,4). The Kier molecular flexibility index (Phi) is 3.31. The number of imidazole rings is 1. The molecule has 0 aliphatic carbocycles. The molecule has 5 N–H and O–H groups in total. The number of nitrogens with one attached hydrogen (secondary N) is 1. The lowest BCUT2D eigenvalue weighted by atomic mass is 10.5. The van der Waals surface area contributed by atoms with Crippen LogP contribution in [-0.2, 0) is 14.1 Å². The van der Waals surface area contributed by atoms with Crippen LogP contribution in [0.5, 0.6) is 0 Å². The molecule has 92 valence electrons. The van der Waals surface area contributed by atoms with Gasteiger partial charge in [0.1, 0.15) is 5.52 Å². The van der Waals surface area contributed by atoms with Crippen LogP contribution in [0, 0.1) is 0 Å². The average molecular weight is 240 g/mol. The summed E-state index contributed by atoms with van der Waals surface area (Å²) in [6, 6.07) is -0.833. The van der Waals surface area contributed by atoms with E-state index in [0.29, 0.717) is 11.2 Å². The van der Waals surface area contributed by atoms with E-state index < -0.39 is 6.03 Å². The van der Waals surface area contributed by atoms with Crippen LogP contribution in [0.2, 0.25) is 0 Å².